The average molecular weight is 268 g/mol. The van der Waals surface area contributed by atoms with Gasteiger partial charge in [-0.2, -0.15) is 0 Å². The van der Waals surface area contributed by atoms with Crippen LogP contribution in [0.1, 0.15) is 5.82 Å². The van der Waals surface area contributed by atoms with Crippen molar-refractivity contribution in [3.8, 4) is 0 Å². The van der Waals surface area contributed by atoms with Gasteiger partial charge in [-0.3, -0.25) is 0 Å². The Morgan fingerprint density at radius 1 is 1.47 bits per heavy atom. The van der Waals surface area contributed by atoms with Crippen molar-refractivity contribution in [3.05, 3.63) is 41.4 Å². The number of hydrogen-bond donors (Lipinski definition) is 1. The SMILES string of the molecule is Cc1nccn1CCSc1c(N)cccc1Cl. The van der Waals surface area contributed by atoms with Crippen molar-refractivity contribution in [2.75, 3.05) is 11.5 Å². The number of nitrogens with two attached hydrogens (primary N) is 1. The molecule has 0 saturated heterocycles. The topological polar surface area (TPSA) is 43.8 Å². The molecule has 5 heteroatoms. The van der Waals surface area contributed by atoms with Crippen LogP contribution in [-0.4, -0.2) is 15.3 Å². The molecule has 2 rings (SSSR count). The van der Waals surface area contributed by atoms with E-state index in [1.54, 1.807) is 11.8 Å². The highest BCUT2D eigenvalue weighted by Crippen LogP contribution is 2.32. The van der Waals surface area contributed by atoms with Crippen molar-refractivity contribution < 1.29 is 0 Å². The maximum Gasteiger partial charge on any atom is 0.105 e. The number of aryl methyl sites for hydroxylation is 2. The Kier molecular flexibility index (Phi) is 3.97. The summed E-state index contributed by atoms with van der Waals surface area (Å²) in [6.45, 7) is 2.90. The molecule has 90 valence electrons. The fourth-order valence-electron chi connectivity index (χ4n) is 1.56. The lowest BCUT2D eigenvalue weighted by atomic mass is 10.3. The maximum absolute atomic E-state index is 6.10. The molecular formula is C12H14ClN3S. The molecule has 1 heterocycles. The molecule has 2 N–H and O–H groups in total. The van der Waals surface area contributed by atoms with Gasteiger partial charge in [0, 0.05) is 35.3 Å². The molecular weight excluding hydrogens is 254 g/mol. The van der Waals surface area contributed by atoms with Crippen molar-refractivity contribution >= 4 is 29.1 Å². The summed E-state index contributed by atoms with van der Waals surface area (Å²) >= 11 is 7.78. The Labute approximate surface area is 110 Å². The zero-order chi connectivity index (χ0) is 12.3. The summed E-state index contributed by atoms with van der Waals surface area (Å²) in [5.74, 6) is 1.95. The first kappa shape index (κ1) is 12.3. The highest BCUT2D eigenvalue weighted by molar-refractivity contribution is 7.99. The Balaban J connectivity index is 1.97. The van der Waals surface area contributed by atoms with Crippen LogP contribution in [0, 0.1) is 6.92 Å². The van der Waals surface area contributed by atoms with Gasteiger partial charge < -0.3 is 10.3 Å². The second kappa shape index (κ2) is 5.47. The molecule has 0 radical (unpaired) electrons. The summed E-state index contributed by atoms with van der Waals surface area (Å²) in [5.41, 5.74) is 6.63. The van der Waals surface area contributed by atoms with E-state index >= 15 is 0 Å². The lowest BCUT2D eigenvalue weighted by molar-refractivity contribution is 0.738. The van der Waals surface area contributed by atoms with Crippen molar-refractivity contribution in [1.29, 1.82) is 0 Å². The van der Waals surface area contributed by atoms with E-state index in [4.69, 9.17) is 17.3 Å². The third-order valence-electron chi connectivity index (χ3n) is 2.50. The van der Waals surface area contributed by atoms with Crippen LogP contribution in [0.5, 0.6) is 0 Å². The summed E-state index contributed by atoms with van der Waals surface area (Å²) < 4.78 is 2.11. The highest BCUT2D eigenvalue weighted by atomic mass is 35.5. The molecule has 0 atom stereocenters. The predicted octanol–water partition coefficient (Wildman–Crippen LogP) is 3.22. The third-order valence-corrected chi connectivity index (χ3v) is 4.06. The van der Waals surface area contributed by atoms with E-state index in [0.29, 0.717) is 0 Å². The monoisotopic (exact) mass is 267 g/mol. The first-order valence-electron chi connectivity index (χ1n) is 5.33. The van der Waals surface area contributed by atoms with Gasteiger partial charge in [-0.15, -0.1) is 11.8 Å². The molecule has 0 fully saturated rings. The number of halogens is 1. The van der Waals surface area contributed by atoms with Gasteiger partial charge in [-0.1, -0.05) is 17.7 Å². The minimum atomic E-state index is 0.720. The van der Waals surface area contributed by atoms with Gasteiger partial charge in [0.2, 0.25) is 0 Å². The van der Waals surface area contributed by atoms with Crippen LogP contribution in [0.3, 0.4) is 0 Å². The number of hydrogen-bond acceptors (Lipinski definition) is 3. The molecule has 0 aliphatic rings. The second-order valence-electron chi connectivity index (χ2n) is 3.67. The second-order valence-corrected chi connectivity index (χ2v) is 5.19. The van der Waals surface area contributed by atoms with Crippen LogP contribution in [0.2, 0.25) is 5.02 Å². The van der Waals surface area contributed by atoms with Crippen LogP contribution in [-0.2, 0) is 6.54 Å². The van der Waals surface area contributed by atoms with E-state index in [9.17, 15) is 0 Å². The van der Waals surface area contributed by atoms with E-state index in [-0.39, 0.29) is 0 Å². The smallest absolute Gasteiger partial charge is 0.105 e. The number of rotatable bonds is 4. The van der Waals surface area contributed by atoms with E-state index < -0.39 is 0 Å². The van der Waals surface area contributed by atoms with Crippen LogP contribution >= 0.6 is 23.4 Å². The lowest BCUT2D eigenvalue weighted by Gasteiger charge is -2.08. The summed E-state index contributed by atoms with van der Waals surface area (Å²) in [6.07, 6.45) is 3.79. The number of anilines is 1. The number of nitrogen functional groups attached to an aromatic ring is 1. The fourth-order valence-corrected chi connectivity index (χ4v) is 2.84. The zero-order valence-electron chi connectivity index (χ0n) is 9.56. The lowest BCUT2D eigenvalue weighted by Crippen LogP contribution is -2.01. The highest BCUT2D eigenvalue weighted by Gasteiger charge is 2.05. The Morgan fingerprint density at radius 3 is 2.94 bits per heavy atom. The van der Waals surface area contributed by atoms with Crippen molar-refractivity contribution in [2.45, 2.75) is 18.4 Å². The van der Waals surface area contributed by atoms with Crippen LogP contribution in [0.15, 0.2) is 35.5 Å². The van der Waals surface area contributed by atoms with Gasteiger partial charge in [0.25, 0.3) is 0 Å². The molecule has 17 heavy (non-hydrogen) atoms. The molecule has 0 spiro atoms. The molecule has 0 bridgehead atoms. The summed E-state index contributed by atoms with van der Waals surface area (Å²) in [7, 11) is 0. The van der Waals surface area contributed by atoms with E-state index in [2.05, 4.69) is 9.55 Å². The number of nitrogens with zero attached hydrogens (tertiary/aromatic N) is 2. The van der Waals surface area contributed by atoms with E-state index in [1.807, 2.05) is 37.5 Å². The fraction of sp³-hybridized carbons (Fsp3) is 0.250. The van der Waals surface area contributed by atoms with Crippen molar-refractivity contribution in [1.82, 2.24) is 9.55 Å². The van der Waals surface area contributed by atoms with E-state index in [0.717, 1.165) is 33.7 Å². The number of thioether (sulfide) groups is 1. The number of benzene rings is 1. The van der Waals surface area contributed by atoms with Gasteiger partial charge in [-0.05, 0) is 19.1 Å². The zero-order valence-corrected chi connectivity index (χ0v) is 11.1. The summed E-state index contributed by atoms with van der Waals surface area (Å²) in [6, 6.07) is 5.60. The first-order chi connectivity index (χ1) is 8.18. The van der Waals surface area contributed by atoms with Crippen LogP contribution in [0.4, 0.5) is 5.69 Å². The first-order valence-corrected chi connectivity index (χ1v) is 6.69. The Bertz CT molecular complexity index is 490. The molecule has 0 unspecified atom stereocenters. The van der Waals surface area contributed by atoms with Gasteiger partial charge >= 0.3 is 0 Å². The molecule has 3 nitrogen and oxygen atoms in total. The number of aromatic nitrogens is 2. The maximum atomic E-state index is 6.10. The van der Waals surface area contributed by atoms with Crippen molar-refractivity contribution in [3.63, 3.8) is 0 Å². The van der Waals surface area contributed by atoms with Gasteiger partial charge in [0.15, 0.2) is 0 Å². The molecule has 2 aromatic rings. The van der Waals surface area contributed by atoms with Gasteiger partial charge in [-0.25, -0.2) is 4.98 Å². The molecule has 0 amide bonds. The molecule has 0 aliphatic carbocycles. The Morgan fingerprint density at radius 2 is 2.29 bits per heavy atom. The molecule has 0 saturated carbocycles. The minimum absolute atomic E-state index is 0.720. The standard InChI is InChI=1S/C12H14ClN3S/c1-9-15-5-6-16(9)7-8-17-12-10(13)3-2-4-11(12)14/h2-6H,7-8,14H2,1H3. The van der Waals surface area contributed by atoms with Crippen molar-refractivity contribution in [2.24, 2.45) is 0 Å². The quantitative estimate of drug-likeness (QED) is 0.683. The third kappa shape index (κ3) is 2.96. The largest absolute Gasteiger partial charge is 0.398 e. The summed E-state index contributed by atoms with van der Waals surface area (Å²) in [5, 5.41) is 0.720. The predicted molar refractivity (Wildman–Crippen MR) is 73.6 cm³/mol. The van der Waals surface area contributed by atoms with Crippen LogP contribution < -0.4 is 5.73 Å². The normalized spacial score (nSPS) is 10.7. The van der Waals surface area contributed by atoms with Gasteiger partial charge in [0.05, 0.1) is 5.02 Å². The van der Waals surface area contributed by atoms with Gasteiger partial charge in [0.1, 0.15) is 5.82 Å². The summed E-state index contributed by atoms with van der Waals surface area (Å²) in [4.78, 5) is 5.15. The Hall–Kier alpha value is -1.13. The molecule has 0 aliphatic heterocycles. The average Bonchev–Trinajstić information content (AvgIpc) is 2.69. The van der Waals surface area contributed by atoms with E-state index in [1.165, 1.54) is 0 Å². The molecule has 1 aromatic carbocycles. The minimum Gasteiger partial charge on any atom is -0.398 e. The number of imidazole rings is 1. The van der Waals surface area contributed by atoms with Crippen LogP contribution in [0.25, 0.3) is 0 Å². The molecule has 1 aromatic heterocycles.